The zero-order chi connectivity index (χ0) is 73.3. The number of halogens is 1. The van der Waals surface area contributed by atoms with Gasteiger partial charge in [-0.15, -0.1) is 0 Å². The number of rotatable bonds is 27. The molecule has 5 aromatic heterocycles. The Balaban J connectivity index is 0.000000259. The second-order valence-corrected chi connectivity index (χ2v) is 28.6. The quantitative estimate of drug-likeness (QED) is 0.0187. The molecule has 33 nitrogen and oxygen atoms in total. The number of para-hydroxylation sites is 2. The highest BCUT2D eigenvalue weighted by molar-refractivity contribution is 7.84. The molecule has 12 atom stereocenters. The summed E-state index contributed by atoms with van der Waals surface area (Å²) in [5, 5.41) is 84.1. The Morgan fingerprint density at radius 1 is 0.687 bits per heavy atom. The van der Waals surface area contributed by atoms with Gasteiger partial charge in [-0.3, -0.25) is 27.7 Å². The van der Waals surface area contributed by atoms with E-state index in [0.29, 0.717) is 35.0 Å². The number of nitrogen functional groups attached to an aromatic ring is 2. The first-order valence-electron chi connectivity index (χ1n) is 31.0. The van der Waals surface area contributed by atoms with Gasteiger partial charge < -0.3 is 69.6 Å². The van der Waals surface area contributed by atoms with Gasteiger partial charge in [0, 0.05) is 58.2 Å². The van der Waals surface area contributed by atoms with Crippen LogP contribution in [0.25, 0.3) is 11.0 Å². The summed E-state index contributed by atoms with van der Waals surface area (Å²) < 4.78 is 92.8. The second kappa shape index (κ2) is 38.4. The number of phosphoric ester groups is 1. The van der Waals surface area contributed by atoms with Gasteiger partial charge in [-0.2, -0.15) is 25.8 Å². The van der Waals surface area contributed by atoms with E-state index in [-0.39, 0.29) is 35.5 Å². The molecule has 0 saturated carbocycles. The van der Waals surface area contributed by atoms with Gasteiger partial charge in [-0.1, -0.05) is 89.8 Å². The predicted octanol–water partition coefficient (Wildman–Crippen LogP) is 6.88. The molecule has 99 heavy (non-hydrogen) atoms. The monoisotopic (exact) mass is 1460 g/mol. The Labute approximate surface area is 577 Å². The lowest BCUT2D eigenvalue weighted by atomic mass is 9.92. The van der Waals surface area contributed by atoms with Gasteiger partial charge in [-0.05, 0) is 80.3 Å². The molecule has 2 aliphatic rings. The van der Waals surface area contributed by atoms with E-state index in [4.69, 9.17) is 55.2 Å². The maximum Gasteiger partial charge on any atom is 0.473 e. The van der Waals surface area contributed by atoms with Gasteiger partial charge in [0.1, 0.15) is 84.2 Å². The summed E-state index contributed by atoms with van der Waals surface area (Å²) in [4.78, 5) is 32.3. The number of anilines is 2. The third-order valence-corrected chi connectivity index (χ3v) is 20.2. The van der Waals surface area contributed by atoms with Gasteiger partial charge in [0.15, 0.2) is 5.82 Å². The second-order valence-electron chi connectivity index (χ2n) is 22.2. The molecule has 7 aromatic rings. The molecule has 2 saturated heterocycles. The molecule has 0 amide bonds. The van der Waals surface area contributed by atoms with Crippen LogP contribution in [-0.4, -0.2) is 168 Å². The highest BCUT2D eigenvalue weighted by Gasteiger charge is 2.59. The van der Waals surface area contributed by atoms with Crippen molar-refractivity contribution in [2.24, 2.45) is 18.9 Å². The van der Waals surface area contributed by atoms with Crippen LogP contribution < -0.4 is 30.7 Å². The molecule has 542 valence electrons. The summed E-state index contributed by atoms with van der Waals surface area (Å²) in [5.41, 5.74) is 9.55. The number of fused-ring (bicyclic) bond motifs is 2. The zero-order valence-corrected chi connectivity index (χ0v) is 59.7. The van der Waals surface area contributed by atoms with Crippen LogP contribution in [0.4, 0.5) is 11.5 Å². The SMILES string of the molecule is CCC(CC)COC(=O)[C@H](C)NP(=O)(Cl)Oc1ccccc1.CCC(CC)COC(=O)[C@H](C)NP(=O)(OC[C@H]1O[C@@](C#N)(c2ccc3c(N)ncnn23)[C@H](O)[C@@H]1O)Oc1ccccc1.COP(=O)(OC)OC.Cn1ccnc1.N#C[C@@]1(c2ccc3c(N)ccnn23)O[C@H](CO)[C@@H](O)[C@H]1O. The smallest absolute Gasteiger partial charge is 0.464 e. The average molecular weight is 1460 g/mol. The molecular weight excluding hydrogens is 1380 g/mol. The van der Waals surface area contributed by atoms with Crippen molar-refractivity contribution in [3.05, 3.63) is 134 Å². The average Bonchev–Trinajstić information content (AvgIpc) is 1.59. The Bertz CT molecular complexity index is 3870. The number of nitrogens with two attached hydrogens (primary N) is 2. The van der Waals surface area contributed by atoms with Gasteiger partial charge in [0.05, 0.1) is 55.3 Å². The number of aryl methyl sites for hydroxylation is 1. The molecule has 0 aliphatic carbocycles. The molecule has 0 spiro atoms. The van der Waals surface area contributed by atoms with Crippen LogP contribution in [0, 0.1) is 34.5 Å². The van der Waals surface area contributed by atoms with E-state index in [0.717, 1.165) is 25.7 Å². The number of aliphatic hydroxyl groups excluding tert-OH is 5. The van der Waals surface area contributed by atoms with Crippen LogP contribution in [0.3, 0.4) is 0 Å². The van der Waals surface area contributed by atoms with E-state index in [1.165, 1.54) is 55.9 Å². The molecule has 9 rings (SSSR count). The van der Waals surface area contributed by atoms with Crippen LogP contribution in [0.5, 0.6) is 11.5 Å². The summed E-state index contributed by atoms with van der Waals surface area (Å²) >= 11 is 5.84. The Hall–Kier alpha value is -7.46. The first kappa shape index (κ1) is 82.2. The van der Waals surface area contributed by atoms with Gasteiger partial charge in [0.2, 0.25) is 11.2 Å². The molecule has 0 radical (unpaired) electrons. The number of carbonyl (C=O) groups excluding carboxylic acids is 2. The van der Waals surface area contributed by atoms with E-state index in [1.54, 1.807) is 104 Å². The van der Waals surface area contributed by atoms with E-state index in [2.05, 4.69) is 43.9 Å². The Morgan fingerprint density at radius 3 is 1.60 bits per heavy atom. The van der Waals surface area contributed by atoms with Crippen molar-refractivity contribution < 1.29 is 94.9 Å². The lowest BCUT2D eigenvalue weighted by molar-refractivity contribution is -0.147. The number of nitriles is 2. The third kappa shape index (κ3) is 21.8. The molecule has 11 N–H and O–H groups in total. The summed E-state index contributed by atoms with van der Waals surface area (Å²) in [6, 6.07) is 26.4. The first-order chi connectivity index (χ1) is 47.1. The number of aliphatic hydroxyl groups is 5. The van der Waals surface area contributed by atoms with Crippen molar-refractivity contribution in [2.75, 3.05) is 59.2 Å². The number of ether oxygens (including phenoxy) is 4. The number of phosphoric acid groups is 1. The van der Waals surface area contributed by atoms with Crippen molar-refractivity contribution in [2.45, 2.75) is 127 Å². The summed E-state index contributed by atoms with van der Waals surface area (Å²) in [7, 11) is -1.77. The maximum absolute atomic E-state index is 13.9. The van der Waals surface area contributed by atoms with E-state index in [1.807, 2.05) is 57.6 Å². The van der Waals surface area contributed by atoms with Crippen molar-refractivity contribution in [3.8, 4) is 23.6 Å². The fraction of sp³-hybridized carbons (Fsp3) is 0.484. The number of hydrogen-bond donors (Lipinski definition) is 9. The minimum atomic E-state index is -4.32. The van der Waals surface area contributed by atoms with Gasteiger partial charge in [-0.25, -0.2) is 37.8 Å². The standard InChI is InChI=1S/C27H35N6O8P.C15H23ClNO4P.C13H14N4O4.C4H6N2.C3H9O4P/c1-4-18(5-2)13-38-26(36)17(3)32-42(37,41-19-9-7-6-8-10-19)39-14-21-23(34)24(35)27(15-28,40-21)22-12-11-20-25(29)30-16-31-33(20)22;1-4-13(5-2)11-20-15(18)12(3)17-22(16,19)21-14-9-7-6-8-10-14;14-6-13(12(20)11(19)9(5-18)21-13)10-2-1-8-7(15)3-4-16-17(8)10;1-6-3-2-5-4-6;1-5-8(4,6-2)7-3/h6-12,16-18,21,23-24,34-35H,4-5,13-14H2,1-3H3,(H,32,37)(H2,29,30,31);6-10,12-13H,4-5,11H2,1-3H3,(H,17,19);1-4,9,11-12,18-20H,5,15H2;2-4H,1H3;1-3H3/t17-,21+,23+,24+,27-,42?;12-,22?;9-,11-,12-,13+;;/m001../s1. The molecule has 2 unspecified atom stereocenters. The number of benzene rings is 2. The zero-order valence-electron chi connectivity index (χ0n) is 56.2. The lowest BCUT2D eigenvalue weighted by Crippen LogP contribution is -2.41. The molecule has 37 heteroatoms. The topological polar surface area (TPSA) is 468 Å². The lowest BCUT2D eigenvalue weighted by Gasteiger charge is -2.25. The minimum Gasteiger partial charge on any atom is -0.464 e. The summed E-state index contributed by atoms with van der Waals surface area (Å²) in [5.74, 6) is 0.0602. The van der Waals surface area contributed by atoms with Crippen LogP contribution in [0.15, 0.2) is 122 Å². The number of nitrogens with zero attached hydrogens (tertiary/aromatic N) is 9. The highest BCUT2D eigenvalue weighted by Crippen LogP contribution is 2.50. The van der Waals surface area contributed by atoms with Crippen molar-refractivity contribution in [3.63, 3.8) is 0 Å². The van der Waals surface area contributed by atoms with Crippen molar-refractivity contribution in [1.29, 1.82) is 10.5 Å². The van der Waals surface area contributed by atoms with Crippen LogP contribution >= 0.6 is 33.7 Å². The predicted molar refractivity (Wildman–Crippen MR) is 361 cm³/mol. The van der Waals surface area contributed by atoms with Crippen molar-refractivity contribution >= 4 is 68.2 Å². The molecular formula is C62H87ClN13O20P3. The Kier molecular flexibility index (Phi) is 31.9. The Morgan fingerprint density at radius 2 is 1.16 bits per heavy atom. The highest BCUT2D eigenvalue weighted by atomic mass is 35.7. The van der Waals surface area contributed by atoms with Crippen molar-refractivity contribution in [1.82, 2.24) is 43.9 Å². The van der Waals surface area contributed by atoms with E-state index < -0.39 is 108 Å². The molecule has 0 bridgehead atoms. The number of imidazole rings is 1. The molecule has 2 aromatic carbocycles. The van der Waals surface area contributed by atoms with Crippen LogP contribution in [0.2, 0.25) is 0 Å². The van der Waals surface area contributed by atoms with Crippen LogP contribution in [0.1, 0.15) is 78.6 Å². The largest absolute Gasteiger partial charge is 0.473 e. The van der Waals surface area contributed by atoms with Gasteiger partial charge >= 0.3 is 34.4 Å². The van der Waals surface area contributed by atoms with Crippen LogP contribution in [-0.2, 0) is 78.6 Å². The minimum absolute atomic E-state index is 0.0961. The number of nitrogens with one attached hydrogen (secondary N) is 2. The first-order valence-corrected chi connectivity index (χ1v) is 36.5. The van der Waals surface area contributed by atoms with Gasteiger partial charge in [0.25, 0.3) is 0 Å². The third-order valence-electron chi connectivity index (χ3n) is 15.5. The fourth-order valence-electron chi connectivity index (χ4n) is 9.54. The number of esters is 2. The molecule has 2 fully saturated rings. The van der Waals surface area contributed by atoms with E-state index in [9.17, 15) is 59.3 Å². The normalized spacial score (nSPS) is 22.0. The summed E-state index contributed by atoms with van der Waals surface area (Å²) in [6.45, 7) is 6.88. The van der Waals surface area contributed by atoms with E-state index >= 15 is 0 Å². The number of carbonyl (C=O) groups is 2. The summed E-state index contributed by atoms with van der Waals surface area (Å²) in [6.07, 6.45) is 2.92. The maximum atomic E-state index is 13.9. The molecule has 2 aliphatic heterocycles. The number of aromatic nitrogens is 7. The molecule has 7 heterocycles. The fourth-order valence-corrected chi connectivity index (χ4v) is 13.2. The number of hydrogen-bond acceptors (Lipinski definition) is 28.